The minimum absolute atomic E-state index is 0.00929. The second kappa shape index (κ2) is 7.33. The lowest BCUT2D eigenvalue weighted by Crippen LogP contribution is -2.38. The summed E-state index contributed by atoms with van der Waals surface area (Å²) < 4.78 is 34.7. The first-order valence-corrected chi connectivity index (χ1v) is 6.76. The Hall–Kier alpha value is -1.73. The van der Waals surface area contributed by atoms with Crippen molar-refractivity contribution in [2.24, 2.45) is 5.73 Å². The molecule has 1 aliphatic heterocycles. The van der Waals surface area contributed by atoms with Crippen molar-refractivity contribution >= 4 is 5.91 Å². The van der Waals surface area contributed by atoms with Crippen molar-refractivity contribution in [1.82, 2.24) is 5.32 Å². The van der Waals surface area contributed by atoms with Gasteiger partial charge < -0.3 is 15.2 Å². The van der Waals surface area contributed by atoms with Crippen molar-refractivity contribution in [2.45, 2.75) is 31.6 Å². The van der Waals surface area contributed by atoms with Gasteiger partial charge in [-0.3, -0.25) is 10.1 Å². The van der Waals surface area contributed by atoms with Crippen molar-refractivity contribution < 1.29 is 23.0 Å². The fourth-order valence-electron chi connectivity index (χ4n) is 2.34. The Bertz CT molecular complexity index is 479. The first kappa shape index (κ1) is 15.7. The van der Waals surface area contributed by atoms with Crippen LogP contribution >= 0.6 is 0 Å². The second-order valence-electron chi connectivity index (χ2n) is 4.79. The number of para-hydroxylation sites is 1. The van der Waals surface area contributed by atoms with E-state index < -0.39 is 18.6 Å². The average Bonchev–Trinajstić information content (AvgIpc) is 2.93. The van der Waals surface area contributed by atoms with Gasteiger partial charge in [0.1, 0.15) is 11.8 Å². The Morgan fingerprint density at radius 1 is 1.48 bits per heavy atom. The van der Waals surface area contributed by atoms with E-state index in [9.17, 15) is 13.6 Å². The first-order valence-electron chi connectivity index (χ1n) is 6.76. The lowest BCUT2D eigenvalue weighted by atomic mass is 10.0. The van der Waals surface area contributed by atoms with Crippen LogP contribution in [0.15, 0.2) is 24.3 Å². The first-order chi connectivity index (χ1) is 10.1. The fourth-order valence-corrected chi connectivity index (χ4v) is 2.34. The van der Waals surface area contributed by atoms with Gasteiger partial charge in [-0.25, -0.2) is 0 Å². The van der Waals surface area contributed by atoms with Crippen molar-refractivity contribution in [3.8, 4) is 5.75 Å². The van der Waals surface area contributed by atoms with Crippen LogP contribution in [0.4, 0.5) is 8.78 Å². The topological polar surface area (TPSA) is 73.6 Å². The van der Waals surface area contributed by atoms with Gasteiger partial charge in [-0.1, -0.05) is 18.2 Å². The van der Waals surface area contributed by atoms with Crippen LogP contribution in [0.2, 0.25) is 0 Å². The maximum atomic E-state index is 12.4. The Labute approximate surface area is 121 Å². The summed E-state index contributed by atoms with van der Waals surface area (Å²) in [5, 5.41) is 2.97. The third-order valence-electron chi connectivity index (χ3n) is 3.30. The maximum Gasteiger partial charge on any atom is 0.387 e. The number of hydrogen-bond acceptors (Lipinski definition) is 4. The zero-order valence-electron chi connectivity index (χ0n) is 11.4. The molecular formula is C14H18F2N2O3. The highest BCUT2D eigenvalue weighted by molar-refractivity contribution is 5.82. The van der Waals surface area contributed by atoms with E-state index in [1.165, 1.54) is 12.1 Å². The normalized spacial score (nSPS) is 19.7. The number of ether oxygens (including phenoxy) is 2. The highest BCUT2D eigenvalue weighted by atomic mass is 19.3. The minimum atomic E-state index is -2.96. The number of alkyl halides is 2. The summed E-state index contributed by atoms with van der Waals surface area (Å²) in [4.78, 5) is 11.6. The third kappa shape index (κ3) is 4.37. The van der Waals surface area contributed by atoms with Gasteiger partial charge in [0.15, 0.2) is 0 Å². The van der Waals surface area contributed by atoms with Gasteiger partial charge >= 0.3 is 6.61 Å². The number of nitrogens with two attached hydrogens (primary N) is 1. The predicted molar refractivity (Wildman–Crippen MR) is 72.0 cm³/mol. The van der Waals surface area contributed by atoms with Gasteiger partial charge in [0.05, 0.1) is 6.10 Å². The number of amides is 1. The predicted octanol–water partition coefficient (Wildman–Crippen LogP) is 1.58. The molecule has 0 radical (unpaired) electrons. The van der Waals surface area contributed by atoms with Crippen molar-refractivity contribution in [1.29, 1.82) is 0 Å². The molecule has 1 aromatic carbocycles. The number of hydrogen-bond donors (Lipinski definition) is 2. The minimum Gasteiger partial charge on any atom is -0.434 e. The molecule has 2 rings (SSSR count). The average molecular weight is 300 g/mol. The number of primary amides is 1. The molecule has 2 unspecified atom stereocenters. The number of rotatable bonds is 7. The summed E-state index contributed by atoms with van der Waals surface area (Å²) >= 11 is 0. The number of carbonyl (C=O) groups excluding carboxylic acids is 1. The molecule has 2 atom stereocenters. The van der Waals surface area contributed by atoms with Crippen LogP contribution in [0.25, 0.3) is 0 Å². The van der Waals surface area contributed by atoms with Crippen molar-refractivity contribution in [3.63, 3.8) is 0 Å². The summed E-state index contributed by atoms with van der Waals surface area (Å²) in [6.45, 7) is -1.84. The molecule has 1 aliphatic rings. The van der Waals surface area contributed by atoms with E-state index in [2.05, 4.69) is 10.1 Å². The maximum absolute atomic E-state index is 12.4. The van der Waals surface area contributed by atoms with Gasteiger partial charge in [-0.2, -0.15) is 8.78 Å². The highest BCUT2D eigenvalue weighted by Gasteiger charge is 2.24. The summed E-state index contributed by atoms with van der Waals surface area (Å²) in [6, 6.07) is 5.21. The molecule has 1 saturated heterocycles. The van der Waals surface area contributed by atoms with Crippen molar-refractivity contribution in [2.75, 3.05) is 13.2 Å². The SMILES string of the molecule is NC(=O)C(NCC1CCCO1)c1ccccc1OC(F)F. The van der Waals surface area contributed by atoms with Gasteiger partial charge in [-0.15, -0.1) is 0 Å². The van der Waals surface area contributed by atoms with E-state index in [0.29, 0.717) is 18.7 Å². The monoisotopic (exact) mass is 300 g/mol. The molecule has 21 heavy (non-hydrogen) atoms. The molecule has 7 heteroatoms. The van der Waals surface area contributed by atoms with Gasteiger partial charge in [0.2, 0.25) is 5.91 Å². The van der Waals surface area contributed by atoms with Crippen LogP contribution in [0, 0.1) is 0 Å². The number of halogens is 2. The summed E-state index contributed by atoms with van der Waals surface area (Å²) in [6.07, 6.45) is 1.88. The molecule has 0 aromatic heterocycles. The fraction of sp³-hybridized carbons (Fsp3) is 0.500. The number of benzene rings is 1. The molecule has 5 nitrogen and oxygen atoms in total. The van der Waals surface area contributed by atoms with E-state index in [4.69, 9.17) is 10.5 Å². The van der Waals surface area contributed by atoms with E-state index in [-0.39, 0.29) is 11.9 Å². The van der Waals surface area contributed by atoms with E-state index >= 15 is 0 Å². The molecule has 1 aromatic rings. The lowest BCUT2D eigenvalue weighted by molar-refractivity contribution is -0.120. The van der Waals surface area contributed by atoms with Crippen LogP contribution < -0.4 is 15.8 Å². The van der Waals surface area contributed by atoms with Crippen LogP contribution in [0.1, 0.15) is 24.4 Å². The molecule has 0 saturated carbocycles. The molecular weight excluding hydrogens is 282 g/mol. The molecule has 116 valence electrons. The molecule has 3 N–H and O–H groups in total. The van der Waals surface area contributed by atoms with E-state index in [1.54, 1.807) is 12.1 Å². The van der Waals surface area contributed by atoms with Crippen LogP contribution in [-0.4, -0.2) is 31.8 Å². The Balaban J connectivity index is 2.11. The largest absolute Gasteiger partial charge is 0.434 e. The quantitative estimate of drug-likeness (QED) is 0.802. The van der Waals surface area contributed by atoms with E-state index in [0.717, 1.165) is 12.8 Å². The molecule has 1 fully saturated rings. The summed E-state index contributed by atoms with van der Waals surface area (Å²) in [5.41, 5.74) is 5.66. The van der Waals surface area contributed by atoms with Crippen LogP contribution in [0.3, 0.4) is 0 Å². The molecule has 1 heterocycles. The van der Waals surface area contributed by atoms with Gasteiger partial charge in [0, 0.05) is 18.7 Å². The Kier molecular flexibility index (Phi) is 5.46. The van der Waals surface area contributed by atoms with Crippen LogP contribution in [-0.2, 0) is 9.53 Å². The zero-order valence-corrected chi connectivity index (χ0v) is 11.4. The second-order valence-corrected chi connectivity index (χ2v) is 4.79. The van der Waals surface area contributed by atoms with Gasteiger partial charge in [0.25, 0.3) is 0 Å². The molecule has 0 aliphatic carbocycles. The number of carbonyl (C=O) groups is 1. The van der Waals surface area contributed by atoms with Crippen molar-refractivity contribution in [3.05, 3.63) is 29.8 Å². The smallest absolute Gasteiger partial charge is 0.387 e. The molecule has 0 spiro atoms. The Morgan fingerprint density at radius 3 is 2.86 bits per heavy atom. The van der Waals surface area contributed by atoms with Gasteiger partial charge in [-0.05, 0) is 18.9 Å². The lowest BCUT2D eigenvalue weighted by Gasteiger charge is -2.20. The highest BCUT2D eigenvalue weighted by Crippen LogP contribution is 2.26. The zero-order chi connectivity index (χ0) is 15.2. The van der Waals surface area contributed by atoms with E-state index in [1.807, 2.05) is 0 Å². The summed E-state index contributed by atoms with van der Waals surface area (Å²) in [7, 11) is 0. The molecule has 0 bridgehead atoms. The third-order valence-corrected chi connectivity index (χ3v) is 3.30. The number of nitrogens with one attached hydrogen (secondary N) is 1. The van der Waals surface area contributed by atoms with Crippen LogP contribution in [0.5, 0.6) is 5.75 Å². The molecule has 1 amide bonds. The summed E-state index contributed by atoms with van der Waals surface area (Å²) in [5.74, 6) is -0.713. The Morgan fingerprint density at radius 2 is 2.24 bits per heavy atom. The standard InChI is InChI=1S/C14H18F2N2O3/c15-14(16)21-11-6-2-1-5-10(11)12(13(17)19)18-8-9-4-3-7-20-9/h1-2,5-6,9,12,14,18H,3-4,7-8H2,(H2,17,19).